The lowest BCUT2D eigenvalue weighted by molar-refractivity contribution is -0.272. The summed E-state index contributed by atoms with van der Waals surface area (Å²) in [6.07, 6.45) is -2.09. The molecule has 0 radical (unpaired) electrons. The molecule has 1 saturated heterocycles. The first-order valence-electron chi connectivity index (χ1n) is 11.8. The fraction of sp³-hybridized carbons (Fsp3) is 0.783. The maximum atomic E-state index is 12.2. The third-order valence-corrected chi connectivity index (χ3v) is 5.50. The van der Waals surface area contributed by atoms with E-state index in [-0.39, 0.29) is 25.0 Å². The summed E-state index contributed by atoms with van der Waals surface area (Å²) in [6, 6.07) is -1.00. The van der Waals surface area contributed by atoms with Gasteiger partial charge in [0.1, 0.15) is 24.4 Å². The molecule has 0 aromatic carbocycles. The smallest absolute Gasteiger partial charge is 0.246 e. The molecule has 1 rings (SSSR count). The van der Waals surface area contributed by atoms with Crippen molar-refractivity contribution in [1.82, 2.24) is 15.5 Å². The van der Waals surface area contributed by atoms with Gasteiger partial charge >= 0.3 is 0 Å². The Hall–Kier alpha value is -2.09. The van der Waals surface area contributed by atoms with Crippen molar-refractivity contribution in [1.29, 1.82) is 0 Å². The van der Waals surface area contributed by atoms with Crippen LogP contribution in [0.2, 0.25) is 0 Å². The van der Waals surface area contributed by atoms with Crippen LogP contribution in [0.15, 0.2) is 12.2 Å². The fourth-order valence-corrected chi connectivity index (χ4v) is 3.39. The van der Waals surface area contributed by atoms with E-state index in [0.717, 1.165) is 19.3 Å². The number of carbonyl (C=O) groups excluding carboxylic acids is 3. The number of hydrogen-bond donors (Lipinski definition) is 5. The number of aliphatic hydroxyl groups excluding tert-OH is 3. The number of hydrogen-bond acceptors (Lipinski definition) is 9. The molecule has 0 saturated carbocycles. The lowest BCUT2D eigenvalue weighted by Gasteiger charge is -2.42. The van der Waals surface area contributed by atoms with Crippen molar-refractivity contribution in [3.8, 4) is 0 Å². The molecule has 5 atom stereocenters. The largest absolute Gasteiger partial charge is 0.394 e. The quantitative estimate of drug-likeness (QED) is 0.127. The standard InChI is InChI=1S/C23H41N3O9/c1-15(2)22(32)24-9-7-5-6-8-18(29)26(4)10-11-33-12-13-34-23-19(25-16(3)28)21(31)20(30)17(14-27)35-23/h17,19-21,23,27,30-31H,1,5-14H2,2-4H3,(H,24,32)(H,25,28). The second kappa shape index (κ2) is 16.6. The molecule has 1 fully saturated rings. The van der Waals surface area contributed by atoms with E-state index >= 15 is 0 Å². The molecule has 1 aliphatic rings. The Morgan fingerprint density at radius 3 is 2.40 bits per heavy atom. The van der Waals surface area contributed by atoms with Gasteiger partial charge in [0.2, 0.25) is 17.7 Å². The Morgan fingerprint density at radius 2 is 1.77 bits per heavy atom. The molecule has 35 heavy (non-hydrogen) atoms. The number of aliphatic hydroxyl groups is 3. The Balaban J connectivity index is 2.21. The van der Waals surface area contributed by atoms with E-state index in [4.69, 9.17) is 14.2 Å². The number of likely N-dealkylation sites (N-methyl/N-ethyl adjacent to an activating group) is 1. The molecular formula is C23H41N3O9. The van der Waals surface area contributed by atoms with Crippen molar-refractivity contribution >= 4 is 17.7 Å². The number of unbranched alkanes of at least 4 members (excludes halogenated alkanes) is 2. The van der Waals surface area contributed by atoms with Crippen LogP contribution in [-0.4, -0.2) is 115 Å². The minimum absolute atomic E-state index is 0.00664. The van der Waals surface area contributed by atoms with E-state index in [0.29, 0.717) is 31.7 Å². The van der Waals surface area contributed by atoms with E-state index in [9.17, 15) is 29.7 Å². The molecule has 1 aliphatic heterocycles. The Morgan fingerprint density at radius 1 is 1.06 bits per heavy atom. The van der Waals surface area contributed by atoms with Gasteiger partial charge < -0.3 is 45.1 Å². The van der Waals surface area contributed by atoms with Crippen LogP contribution in [0.4, 0.5) is 0 Å². The van der Waals surface area contributed by atoms with Crippen LogP contribution in [0.3, 0.4) is 0 Å². The molecule has 0 aromatic rings. The van der Waals surface area contributed by atoms with Crippen molar-refractivity contribution in [3.63, 3.8) is 0 Å². The van der Waals surface area contributed by atoms with Gasteiger partial charge in [-0.1, -0.05) is 13.0 Å². The number of nitrogens with zero attached hydrogens (tertiary/aromatic N) is 1. The Labute approximate surface area is 206 Å². The number of rotatable bonds is 16. The molecule has 12 heteroatoms. The Kier molecular flexibility index (Phi) is 14.6. The van der Waals surface area contributed by atoms with Gasteiger partial charge in [-0.15, -0.1) is 0 Å². The van der Waals surface area contributed by atoms with Crippen LogP contribution in [0.5, 0.6) is 0 Å². The third-order valence-electron chi connectivity index (χ3n) is 5.50. The van der Waals surface area contributed by atoms with Gasteiger partial charge in [0.05, 0.1) is 26.4 Å². The first-order valence-corrected chi connectivity index (χ1v) is 11.8. The topological polar surface area (TPSA) is 167 Å². The molecule has 3 amide bonds. The van der Waals surface area contributed by atoms with Gasteiger partial charge in [0.25, 0.3) is 0 Å². The molecular weight excluding hydrogens is 462 g/mol. The molecule has 0 bridgehead atoms. The summed E-state index contributed by atoms with van der Waals surface area (Å²) >= 11 is 0. The zero-order chi connectivity index (χ0) is 26.4. The second-order valence-electron chi connectivity index (χ2n) is 8.58. The minimum Gasteiger partial charge on any atom is -0.394 e. The molecule has 1 heterocycles. The fourth-order valence-electron chi connectivity index (χ4n) is 3.39. The van der Waals surface area contributed by atoms with Crippen LogP contribution in [0, 0.1) is 0 Å². The lowest BCUT2D eigenvalue weighted by atomic mass is 9.97. The molecule has 5 N–H and O–H groups in total. The van der Waals surface area contributed by atoms with Gasteiger partial charge in [0.15, 0.2) is 6.29 Å². The van der Waals surface area contributed by atoms with E-state index in [1.54, 1.807) is 18.9 Å². The maximum Gasteiger partial charge on any atom is 0.246 e. The van der Waals surface area contributed by atoms with Crippen molar-refractivity contribution in [2.75, 3.05) is 46.6 Å². The van der Waals surface area contributed by atoms with Crippen molar-refractivity contribution in [3.05, 3.63) is 12.2 Å². The Bertz CT molecular complexity index is 691. The normalized spacial score (nSPS) is 24.0. The van der Waals surface area contributed by atoms with Crippen LogP contribution < -0.4 is 10.6 Å². The predicted molar refractivity (Wildman–Crippen MR) is 126 cm³/mol. The third kappa shape index (κ3) is 11.5. The van der Waals surface area contributed by atoms with Gasteiger partial charge in [-0.05, 0) is 19.8 Å². The SMILES string of the molecule is C=C(C)C(=O)NCCCCCC(=O)N(C)CCOCCOC1OC(CO)C(O)C(O)C1NC(C)=O. The highest BCUT2D eigenvalue weighted by atomic mass is 16.7. The summed E-state index contributed by atoms with van der Waals surface area (Å²) in [5.74, 6) is -0.581. The summed E-state index contributed by atoms with van der Waals surface area (Å²) in [5.41, 5.74) is 0.473. The number of ether oxygens (including phenoxy) is 3. The highest BCUT2D eigenvalue weighted by Gasteiger charge is 2.45. The monoisotopic (exact) mass is 503 g/mol. The summed E-state index contributed by atoms with van der Waals surface area (Å²) < 4.78 is 16.5. The first-order chi connectivity index (χ1) is 16.6. The van der Waals surface area contributed by atoms with Gasteiger partial charge in [-0.3, -0.25) is 14.4 Å². The number of nitrogens with one attached hydrogen (secondary N) is 2. The summed E-state index contributed by atoms with van der Waals surface area (Å²) in [5, 5.41) is 34.8. The van der Waals surface area contributed by atoms with Crippen LogP contribution in [-0.2, 0) is 28.6 Å². The van der Waals surface area contributed by atoms with Crippen molar-refractivity contribution in [2.24, 2.45) is 0 Å². The molecule has 0 aromatic heterocycles. The number of amides is 3. The molecule has 202 valence electrons. The minimum atomic E-state index is -1.37. The zero-order valence-electron chi connectivity index (χ0n) is 20.9. The van der Waals surface area contributed by atoms with Gasteiger partial charge in [-0.25, -0.2) is 0 Å². The zero-order valence-corrected chi connectivity index (χ0v) is 20.9. The van der Waals surface area contributed by atoms with Gasteiger partial charge in [-0.2, -0.15) is 0 Å². The highest BCUT2D eigenvalue weighted by molar-refractivity contribution is 5.92. The summed E-state index contributed by atoms with van der Waals surface area (Å²) in [6.45, 7) is 7.47. The van der Waals surface area contributed by atoms with E-state index in [1.807, 2.05) is 0 Å². The predicted octanol–water partition coefficient (Wildman–Crippen LogP) is -1.33. The molecule has 0 aliphatic carbocycles. The molecule has 0 spiro atoms. The average molecular weight is 504 g/mol. The second-order valence-corrected chi connectivity index (χ2v) is 8.58. The number of carbonyl (C=O) groups is 3. The van der Waals surface area contributed by atoms with Gasteiger partial charge in [0, 0.05) is 39.1 Å². The van der Waals surface area contributed by atoms with E-state index in [1.165, 1.54) is 6.92 Å². The summed E-state index contributed by atoms with van der Waals surface area (Å²) in [7, 11) is 1.70. The van der Waals surface area contributed by atoms with Crippen LogP contribution in [0.1, 0.15) is 39.5 Å². The summed E-state index contributed by atoms with van der Waals surface area (Å²) in [4.78, 5) is 36.6. The van der Waals surface area contributed by atoms with Crippen molar-refractivity contribution in [2.45, 2.75) is 70.2 Å². The van der Waals surface area contributed by atoms with Crippen LogP contribution >= 0.6 is 0 Å². The average Bonchev–Trinajstić information content (AvgIpc) is 2.81. The molecule has 5 unspecified atom stereocenters. The first kappa shape index (κ1) is 30.9. The highest BCUT2D eigenvalue weighted by Crippen LogP contribution is 2.22. The van der Waals surface area contributed by atoms with E-state index in [2.05, 4.69) is 17.2 Å². The van der Waals surface area contributed by atoms with E-state index < -0.39 is 43.2 Å². The maximum absolute atomic E-state index is 12.2. The van der Waals surface area contributed by atoms with Crippen molar-refractivity contribution < 1.29 is 43.9 Å². The molecule has 12 nitrogen and oxygen atoms in total. The van der Waals surface area contributed by atoms with Crippen LogP contribution in [0.25, 0.3) is 0 Å². The lowest BCUT2D eigenvalue weighted by Crippen LogP contribution is -2.64.